The average Bonchev–Trinajstić information content (AvgIpc) is 3.06. The third-order valence-corrected chi connectivity index (χ3v) is 4.40. The molecule has 1 aromatic rings. The summed E-state index contributed by atoms with van der Waals surface area (Å²) in [7, 11) is 0. The molecule has 1 amide bonds. The Hall–Kier alpha value is -1.07. The topological polar surface area (TPSA) is 64.2 Å². The number of halogens is 1. The van der Waals surface area contributed by atoms with Crippen LogP contribution in [0.3, 0.4) is 0 Å². The Kier molecular flexibility index (Phi) is 4.16. The number of carbonyl (C=O) groups is 1. The summed E-state index contributed by atoms with van der Waals surface area (Å²) in [5, 5.41) is 4.16. The van der Waals surface area contributed by atoms with Gasteiger partial charge in [-0.15, -0.1) is 12.4 Å². The van der Waals surface area contributed by atoms with Crippen molar-refractivity contribution in [1.82, 2.24) is 14.7 Å². The number of nitrogens with two attached hydrogens (primary N) is 1. The van der Waals surface area contributed by atoms with Crippen LogP contribution in [0.25, 0.3) is 0 Å². The molecule has 1 aliphatic carbocycles. The summed E-state index contributed by atoms with van der Waals surface area (Å²) < 4.78 is 1.79. The quantitative estimate of drug-likeness (QED) is 0.886. The lowest BCUT2D eigenvalue weighted by atomic mass is 9.98. The lowest BCUT2D eigenvalue weighted by Crippen LogP contribution is -2.33. The van der Waals surface area contributed by atoms with Crippen LogP contribution in [0.2, 0.25) is 0 Å². The molecular formula is C13H21ClN4O. The van der Waals surface area contributed by atoms with E-state index >= 15 is 0 Å². The summed E-state index contributed by atoms with van der Waals surface area (Å²) >= 11 is 0. The molecule has 0 radical (unpaired) electrons. The summed E-state index contributed by atoms with van der Waals surface area (Å²) in [6.07, 6.45) is 5.78. The number of aromatic nitrogens is 2. The van der Waals surface area contributed by atoms with Gasteiger partial charge in [-0.05, 0) is 31.6 Å². The van der Waals surface area contributed by atoms with Gasteiger partial charge in [-0.1, -0.05) is 0 Å². The predicted molar refractivity (Wildman–Crippen MR) is 75.2 cm³/mol. The smallest absolute Gasteiger partial charge is 0.257 e. The van der Waals surface area contributed by atoms with Gasteiger partial charge in [0, 0.05) is 31.9 Å². The number of hydrogen-bond donors (Lipinski definition) is 1. The van der Waals surface area contributed by atoms with Crippen molar-refractivity contribution >= 4 is 18.3 Å². The second kappa shape index (κ2) is 5.51. The number of aryl methyl sites for hydroxylation is 1. The van der Waals surface area contributed by atoms with Crippen molar-refractivity contribution in [2.45, 2.75) is 32.4 Å². The number of rotatable bonds is 2. The third kappa shape index (κ3) is 2.49. The summed E-state index contributed by atoms with van der Waals surface area (Å²) in [5.41, 5.74) is 6.79. The first-order valence-corrected chi connectivity index (χ1v) is 6.76. The number of likely N-dealkylation sites (tertiary alicyclic amines) is 1. The van der Waals surface area contributed by atoms with E-state index in [9.17, 15) is 4.79 Å². The van der Waals surface area contributed by atoms with E-state index in [1.165, 1.54) is 6.42 Å². The lowest BCUT2D eigenvalue weighted by Gasteiger charge is -2.17. The van der Waals surface area contributed by atoms with Gasteiger partial charge in [0.1, 0.15) is 0 Å². The third-order valence-electron chi connectivity index (χ3n) is 4.40. The molecule has 1 aromatic heterocycles. The molecule has 3 rings (SSSR count). The normalized spacial score (nSPS) is 29.2. The van der Waals surface area contributed by atoms with E-state index in [1.54, 1.807) is 10.9 Å². The molecule has 2 aliphatic rings. The number of fused-ring (bicyclic) bond motifs is 1. The maximum Gasteiger partial charge on any atom is 0.257 e. The van der Waals surface area contributed by atoms with E-state index in [1.807, 2.05) is 18.0 Å². The van der Waals surface area contributed by atoms with Gasteiger partial charge in [0.2, 0.25) is 0 Å². The van der Waals surface area contributed by atoms with Gasteiger partial charge in [0.25, 0.3) is 5.91 Å². The molecule has 1 aliphatic heterocycles. The highest BCUT2D eigenvalue weighted by Gasteiger charge is 2.42. The number of amides is 1. The SMILES string of the molecule is CCn1cc(C(=O)N2CC3CCC(N)C3C2)cn1.Cl. The monoisotopic (exact) mass is 284 g/mol. The highest BCUT2D eigenvalue weighted by molar-refractivity contribution is 5.94. The Morgan fingerprint density at radius 3 is 2.89 bits per heavy atom. The second-order valence-electron chi connectivity index (χ2n) is 5.46. The van der Waals surface area contributed by atoms with E-state index in [0.717, 1.165) is 26.1 Å². The van der Waals surface area contributed by atoms with E-state index in [-0.39, 0.29) is 24.4 Å². The molecule has 1 saturated carbocycles. The standard InChI is InChI=1S/C13H20N4O.ClH/c1-2-17-7-10(5-15-17)13(18)16-6-9-3-4-12(14)11(9)8-16;/h5,7,9,11-12H,2-4,6,8,14H2,1H3;1H. The van der Waals surface area contributed by atoms with Gasteiger partial charge in [0.15, 0.2) is 0 Å². The van der Waals surface area contributed by atoms with Crippen LogP contribution >= 0.6 is 12.4 Å². The van der Waals surface area contributed by atoms with Crippen molar-refractivity contribution in [3.05, 3.63) is 18.0 Å². The lowest BCUT2D eigenvalue weighted by molar-refractivity contribution is 0.0779. The Bertz CT molecular complexity index is 461. The maximum absolute atomic E-state index is 12.3. The van der Waals surface area contributed by atoms with Crippen LogP contribution in [0, 0.1) is 11.8 Å². The molecule has 1 saturated heterocycles. The zero-order chi connectivity index (χ0) is 12.7. The van der Waals surface area contributed by atoms with Gasteiger partial charge in [0.05, 0.1) is 11.8 Å². The molecule has 0 aromatic carbocycles. The molecule has 106 valence electrons. The minimum Gasteiger partial charge on any atom is -0.338 e. The molecule has 0 bridgehead atoms. The summed E-state index contributed by atoms with van der Waals surface area (Å²) in [6, 6.07) is 0.283. The Labute approximate surface area is 119 Å². The van der Waals surface area contributed by atoms with Crippen molar-refractivity contribution in [1.29, 1.82) is 0 Å². The average molecular weight is 285 g/mol. The summed E-state index contributed by atoms with van der Waals surface area (Å²) in [5.74, 6) is 1.23. The van der Waals surface area contributed by atoms with E-state index < -0.39 is 0 Å². The molecular weight excluding hydrogens is 264 g/mol. The van der Waals surface area contributed by atoms with Crippen LogP contribution in [0.4, 0.5) is 0 Å². The number of nitrogens with zero attached hydrogens (tertiary/aromatic N) is 3. The maximum atomic E-state index is 12.3. The molecule has 3 unspecified atom stereocenters. The first-order chi connectivity index (χ1) is 8.69. The first-order valence-electron chi connectivity index (χ1n) is 6.76. The molecule has 6 heteroatoms. The van der Waals surface area contributed by atoms with E-state index in [2.05, 4.69) is 5.10 Å². The van der Waals surface area contributed by atoms with Crippen LogP contribution in [0.15, 0.2) is 12.4 Å². The summed E-state index contributed by atoms with van der Waals surface area (Å²) in [6.45, 7) is 4.50. The van der Waals surface area contributed by atoms with Crippen molar-refractivity contribution in [3.8, 4) is 0 Å². The fourth-order valence-electron chi connectivity index (χ4n) is 3.30. The van der Waals surface area contributed by atoms with E-state index in [0.29, 0.717) is 17.4 Å². The van der Waals surface area contributed by atoms with Gasteiger partial charge in [-0.3, -0.25) is 9.48 Å². The zero-order valence-electron chi connectivity index (χ0n) is 11.2. The Balaban J connectivity index is 0.00000133. The van der Waals surface area contributed by atoms with Crippen LogP contribution in [-0.2, 0) is 6.54 Å². The van der Waals surface area contributed by atoms with Crippen LogP contribution < -0.4 is 5.73 Å². The molecule has 2 fully saturated rings. The predicted octanol–water partition coefficient (Wildman–Crippen LogP) is 1.13. The fraction of sp³-hybridized carbons (Fsp3) is 0.692. The van der Waals surface area contributed by atoms with Crippen molar-refractivity contribution in [2.24, 2.45) is 17.6 Å². The van der Waals surface area contributed by atoms with Gasteiger partial charge in [-0.2, -0.15) is 5.10 Å². The van der Waals surface area contributed by atoms with Crippen LogP contribution in [-0.4, -0.2) is 39.7 Å². The Morgan fingerprint density at radius 1 is 1.47 bits per heavy atom. The molecule has 3 atom stereocenters. The Morgan fingerprint density at radius 2 is 2.26 bits per heavy atom. The minimum atomic E-state index is 0. The van der Waals surface area contributed by atoms with E-state index in [4.69, 9.17) is 5.73 Å². The minimum absolute atomic E-state index is 0. The highest BCUT2D eigenvalue weighted by atomic mass is 35.5. The van der Waals surface area contributed by atoms with Crippen molar-refractivity contribution < 1.29 is 4.79 Å². The van der Waals surface area contributed by atoms with Crippen molar-refractivity contribution in [3.63, 3.8) is 0 Å². The first kappa shape index (κ1) is 14.3. The molecule has 5 nitrogen and oxygen atoms in total. The number of hydrogen-bond acceptors (Lipinski definition) is 3. The zero-order valence-corrected chi connectivity index (χ0v) is 12.0. The van der Waals surface area contributed by atoms with Crippen LogP contribution in [0.5, 0.6) is 0 Å². The van der Waals surface area contributed by atoms with Gasteiger partial charge in [-0.25, -0.2) is 0 Å². The highest BCUT2D eigenvalue weighted by Crippen LogP contribution is 2.37. The summed E-state index contributed by atoms with van der Waals surface area (Å²) in [4.78, 5) is 14.3. The molecule has 2 N–H and O–H groups in total. The molecule has 2 heterocycles. The number of carbonyl (C=O) groups excluding carboxylic acids is 1. The van der Waals surface area contributed by atoms with Gasteiger partial charge >= 0.3 is 0 Å². The van der Waals surface area contributed by atoms with Crippen LogP contribution in [0.1, 0.15) is 30.1 Å². The van der Waals surface area contributed by atoms with Gasteiger partial charge < -0.3 is 10.6 Å². The molecule has 19 heavy (non-hydrogen) atoms. The fourth-order valence-corrected chi connectivity index (χ4v) is 3.30. The molecule has 0 spiro atoms. The second-order valence-corrected chi connectivity index (χ2v) is 5.46. The largest absolute Gasteiger partial charge is 0.338 e. The van der Waals surface area contributed by atoms with Crippen molar-refractivity contribution in [2.75, 3.05) is 13.1 Å².